The SMILES string of the molecule is c1ccc2c(-c3cn(-c4ccc5c(c4)N4CCC5CC4)nn3)n[nH]c2c1. The Balaban J connectivity index is 1.42. The Labute approximate surface area is 150 Å². The largest absolute Gasteiger partial charge is 0.371 e. The second-order valence-corrected chi connectivity index (χ2v) is 7.17. The molecule has 3 aliphatic heterocycles. The third-order valence-corrected chi connectivity index (χ3v) is 5.76. The summed E-state index contributed by atoms with van der Waals surface area (Å²) < 4.78 is 1.85. The van der Waals surface area contributed by atoms with E-state index < -0.39 is 0 Å². The lowest BCUT2D eigenvalue weighted by atomic mass is 9.83. The fourth-order valence-corrected chi connectivity index (χ4v) is 4.38. The number of piperidine rings is 1. The van der Waals surface area contributed by atoms with Gasteiger partial charge in [0, 0.05) is 24.2 Å². The Morgan fingerprint density at radius 2 is 1.92 bits per heavy atom. The van der Waals surface area contributed by atoms with E-state index in [1.165, 1.54) is 37.2 Å². The minimum Gasteiger partial charge on any atom is -0.371 e. The highest BCUT2D eigenvalue weighted by Gasteiger charge is 2.30. The maximum atomic E-state index is 4.42. The van der Waals surface area contributed by atoms with Gasteiger partial charge in [-0.25, -0.2) is 4.68 Å². The minimum atomic E-state index is 0.728. The standard InChI is InChI=1S/C20H18N6/c1-2-4-17-16(3-1)20(23-21-17)18-12-26(24-22-18)14-5-6-15-13-7-9-25(10-8-13)19(15)11-14/h1-6,11-13H,7-10H2,(H,21,23). The Hall–Kier alpha value is -3.15. The van der Waals surface area contributed by atoms with E-state index in [4.69, 9.17) is 0 Å². The molecule has 0 saturated carbocycles. The zero-order chi connectivity index (χ0) is 17.1. The van der Waals surface area contributed by atoms with E-state index >= 15 is 0 Å². The van der Waals surface area contributed by atoms with E-state index in [9.17, 15) is 0 Å². The van der Waals surface area contributed by atoms with E-state index in [0.29, 0.717) is 0 Å². The van der Waals surface area contributed by atoms with Crippen LogP contribution in [0.25, 0.3) is 28.0 Å². The number of fused-ring (bicyclic) bond motifs is 3. The van der Waals surface area contributed by atoms with Crippen LogP contribution in [-0.2, 0) is 0 Å². The number of aromatic amines is 1. The first-order valence-corrected chi connectivity index (χ1v) is 9.12. The molecular weight excluding hydrogens is 324 g/mol. The number of H-pyrrole nitrogens is 1. The van der Waals surface area contributed by atoms with Crippen LogP contribution in [0.1, 0.15) is 24.3 Å². The van der Waals surface area contributed by atoms with E-state index in [2.05, 4.69) is 49.7 Å². The molecule has 2 aromatic heterocycles. The van der Waals surface area contributed by atoms with Gasteiger partial charge in [-0.3, -0.25) is 5.10 Å². The zero-order valence-corrected chi connectivity index (χ0v) is 14.3. The van der Waals surface area contributed by atoms with Gasteiger partial charge in [0.2, 0.25) is 0 Å². The van der Waals surface area contributed by atoms with Gasteiger partial charge >= 0.3 is 0 Å². The molecule has 3 aliphatic rings. The molecule has 0 amide bonds. The molecule has 1 N–H and O–H groups in total. The first kappa shape index (κ1) is 14.1. The van der Waals surface area contributed by atoms with Crippen molar-refractivity contribution in [2.75, 3.05) is 18.0 Å². The highest BCUT2D eigenvalue weighted by Crippen LogP contribution is 2.42. The molecule has 0 spiro atoms. The molecular formula is C20H18N6. The Kier molecular flexibility index (Phi) is 2.80. The summed E-state index contributed by atoms with van der Waals surface area (Å²) in [5, 5.41) is 17.3. The lowest BCUT2D eigenvalue weighted by Gasteiger charge is -2.42. The van der Waals surface area contributed by atoms with Crippen molar-refractivity contribution in [3.63, 3.8) is 0 Å². The molecule has 128 valence electrons. The number of benzene rings is 2. The van der Waals surface area contributed by atoms with Crippen LogP contribution in [0.5, 0.6) is 0 Å². The van der Waals surface area contributed by atoms with Gasteiger partial charge in [-0.2, -0.15) is 5.10 Å². The maximum Gasteiger partial charge on any atom is 0.134 e. The van der Waals surface area contributed by atoms with Crippen molar-refractivity contribution in [3.05, 3.63) is 54.2 Å². The topological polar surface area (TPSA) is 62.6 Å². The zero-order valence-electron chi connectivity index (χ0n) is 14.3. The summed E-state index contributed by atoms with van der Waals surface area (Å²) in [5.74, 6) is 0.728. The van der Waals surface area contributed by atoms with Crippen molar-refractivity contribution in [1.82, 2.24) is 25.2 Å². The Morgan fingerprint density at radius 3 is 2.85 bits per heavy atom. The number of hydrogen-bond donors (Lipinski definition) is 1. The normalized spacial score (nSPS) is 16.4. The third kappa shape index (κ3) is 1.95. The van der Waals surface area contributed by atoms with Crippen molar-refractivity contribution in [2.45, 2.75) is 18.8 Å². The fourth-order valence-electron chi connectivity index (χ4n) is 4.38. The molecule has 1 saturated heterocycles. The second kappa shape index (κ2) is 5.17. The summed E-state index contributed by atoms with van der Waals surface area (Å²) in [7, 11) is 0. The molecule has 26 heavy (non-hydrogen) atoms. The predicted octanol–water partition coefficient (Wildman–Crippen LogP) is 3.51. The molecule has 6 nitrogen and oxygen atoms in total. The van der Waals surface area contributed by atoms with E-state index in [1.54, 1.807) is 0 Å². The van der Waals surface area contributed by atoms with Crippen molar-refractivity contribution >= 4 is 16.6 Å². The van der Waals surface area contributed by atoms with Crippen molar-refractivity contribution in [3.8, 4) is 17.1 Å². The Bertz CT molecular complexity index is 1120. The lowest BCUT2D eigenvalue weighted by Crippen LogP contribution is -2.38. The van der Waals surface area contributed by atoms with Gasteiger partial charge < -0.3 is 4.90 Å². The van der Waals surface area contributed by atoms with Crippen LogP contribution in [0.3, 0.4) is 0 Å². The number of anilines is 1. The van der Waals surface area contributed by atoms with Crippen LogP contribution in [0.2, 0.25) is 0 Å². The van der Waals surface area contributed by atoms with Gasteiger partial charge in [0.1, 0.15) is 11.4 Å². The predicted molar refractivity (Wildman–Crippen MR) is 101 cm³/mol. The van der Waals surface area contributed by atoms with Gasteiger partial charge in [0.25, 0.3) is 0 Å². The van der Waals surface area contributed by atoms with Gasteiger partial charge in [0.15, 0.2) is 0 Å². The number of aromatic nitrogens is 5. The van der Waals surface area contributed by atoms with Crippen LogP contribution in [-0.4, -0.2) is 38.3 Å². The van der Waals surface area contributed by atoms with E-state index in [1.807, 2.05) is 29.1 Å². The maximum absolute atomic E-state index is 4.42. The third-order valence-electron chi connectivity index (χ3n) is 5.76. The van der Waals surface area contributed by atoms with Crippen molar-refractivity contribution < 1.29 is 0 Å². The summed E-state index contributed by atoms with van der Waals surface area (Å²) >= 11 is 0. The molecule has 6 heteroatoms. The smallest absolute Gasteiger partial charge is 0.134 e. The summed E-state index contributed by atoms with van der Waals surface area (Å²) in [6.45, 7) is 2.34. The van der Waals surface area contributed by atoms with Gasteiger partial charge in [-0.1, -0.05) is 29.5 Å². The average Bonchev–Trinajstić information content (AvgIpc) is 3.36. The molecule has 2 aromatic carbocycles. The summed E-state index contributed by atoms with van der Waals surface area (Å²) in [6, 6.07) is 14.8. The van der Waals surface area contributed by atoms with Crippen LogP contribution in [0, 0.1) is 0 Å². The number of nitrogens with zero attached hydrogens (tertiary/aromatic N) is 5. The quantitative estimate of drug-likeness (QED) is 0.605. The van der Waals surface area contributed by atoms with E-state index in [0.717, 1.165) is 33.9 Å². The summed E-state index contributed by atoms with van der Waals surface area (Å²) in [4.78, 5) is 2.50. The van der Waals surface area contributed by atoms with Gasteiger partial charge in [0.05, 0.1) is 17.4 Å². The summed E-state index contributed by atoms with van der Waals surface area (Å²) in [6.07, 6.45) is 4.53. The molecule has 1 fully saturated rings. The van der Waals surface area contributed by atoms with Gasteiger partial charge in [-0.15, -0.1) is 5.10 Å². The van der Waals surface area contributed by atoms with E-state index in [-0.39, 0.29) is 0 Å². The number of nitrogens with one attached hydrogen (secondary N) is 1. The highest BCUT2D eigenvalue weighted by atomic mass is 15.4. The molecule has 0 unspecified atom stereocenters. The fraction of sp³-hybridized carbons (Fsp3) is 0.250. The van der Waals surface area contributed by atoms with Gasteiger partial charge in [-0.05, 0) is 42.5 Å². The van der Waals surface area contributed by atoms with Crippen LogP contribution >= 0.6 is 0 Å². The summed E-state index contributed by atoms with van der Waals surface area (Å²) in [5.41, 5.74) is 6.54. The first-order chi connectivity index (χ1) is 12.9. The molecule has 5 heterocycles. The molecule has 0 atom stereocenters. The number of rotatable bonds is 2. The van der Waals surface area contributed by atoms with Crippen LogP contribution in [0.15, 0.2) is 48.7 Å². The highest BCUT2D eigenvalue weighted by molar-refractivity contribution is 5.91. The molecule has 4 aromatic rings. The molecule has 7 rings (SSSR count). The van der Waals surface area contributed by atoms with Crippen molar-refractivity contribution in [2.24, 2.45) is 0 Å². The Morgan fingerprint density at radius 1 is 1.04 bits per heavy atom. The van der Waals surface area contributed by atoms with Crippen LogP contribution < -0.4 is 4.90 Å². The first-order valence-electron chi connectivity index (χ1n) is 9.12. The molecule has 2 bridgehead atoms. The van der Waals surface area contributed by atoms with Crippen LogP contribution in [0.4, 0.5) is 5.69 Å². The minimum absolute atomic E-state index is 0.728. The average molecular weight is 342 g/mol. The number of para-hydroxylation sites is 1. The monoisotopic (exact) mass is 342 g/mol. The molecule has 0 radical (unpaired) electrons. The lowest BCUT2D eigenvalue weighted by molar-refractivity contribution is 0.474. The molecule has 0 aliphatic carbocycles. The number of hydrogen-bond acceptors (Lipinski definition) is 4. The van der Waals surface area contributed by atoms with Crippen molar-refractivity contribution in [1.29, 1.82) is 0 Å². The second-order valence-electron chi connectivity index (χ2n) is 7.17.